The molecule has 1 aromatic carbocycles. The number of ether oxygens (including phenoxy) is 1. The maximum Gasteiger partial charge on any atom is 0.271 e. The smallest absolute Gasteiger partial charge is 0.271 e. The van der Waals surface area contributed by atoms with Crippen LogP contribution in [0.1, 0.15) is 36.2 Å². The van der Waals surface area contributed by atoms with Crippen LogP contribution in [-0.2, 0) is 4.74 Å². The lowest BCUT2D eigenvalue weighted by Gasteiger charge is -2.35. The van der Waals surface area contributed by atoms with Gasteiger partial charge >= 0.3 is 0 Å². The molecule has 5 nitrogen and oxygen atoms in total. The molecule has 3 heterocycles. The molecule has 3 aromatic rings. The number of hydrogen-bond acceptors (Lipinski definition) is 4. The van der Waals surface area contributed by atoms with E-state index in [4.69, 9.17) is 9.72 Å². The van der Waals surface area contributed by atoms with Crippen LogP contribution in [0.15, 0.2) is 41.9 Å². The van der Waals surface area contributed by atoms with Crippen molar-refractivity contribution < 1.29 is 9.53 Å². The molecule has 136 valence electrons. The van der Waals surface area contributed by atoms with Crippen molar-refractivity contribution in [1.29, 1.82) is 0 Å². The van der Waals surface area contributed by atoms with E-state index in [9.17, 15) is 4.79 Å². The first-order valence-electron chi connectivity index (χ1n) is 9.10. The molecule has 1 amide bonds. The summed E-state index contributed by atoms with van der Waals surface area (Å²) in [6.45, 7) is 1.52. The Hall–Kier alpha value is -2.18. The van der Waals surface area contributed by atoms with Gasteiger partial charge in [0, 0.05) is 43.4 Å². The van der Waals surface area contributed by atoms with Crippen LogP contribution < -0.4 is 0 Å². The van der Waals surface area contributed by atoms with Crippen molar-refractivity contribution >= 4 is 22.2 Å². The summed E-state index contributed by atoms with van der Waals surface area (Å²) >= 11 is 1.52. The standard InChI is InChI=1S/C20H23N3O2S/c1-25-12-10-16-9-5-6-11-22(16)19(24)18-14-26-20-21-17(13-23(18)20)15-7-3-2-4-8-15/h2-4,7-8,13-14,16H,5-6,9-12H2,1H3. The van der Waals surface area contributed by atoms with Crippen LogP contribution in [0.5, 0.6) is 0 Å². The molecule has 1 atom stereocenters. The van der Waals surface area contributed by atoms with Gasteiger partial charge in [-0.05, 0) is 25.7 Å². The van der Waals surface area contributed by atoms with Gasteiger partial charge in [0.2, 0.25) is 0 Å². The summed E-state index contributed by atoms with van der Waals surface area (Å²) in [5.41, 5.74) is 2.68. The molecule has 0 aliphatic carbocycles. The number of piperidine rings is 1. The third kappa shape index (κ3) is 3.27. The van der Waals surface area contributed by atoms with Gasteiger partial charge < -0.3 is 9.64 Å². The van der Waals surface area contributed by atoms with Gasteiger partial charge in [-0.25, -0.2) is 4.98 Å². The highest BCUT2D eigenvalue weighted by molar-refractivity contribution is 7.15. The quantitative estimate of drug-likeness (QED) is 0.680. The van der Waals surface area contributed by atoms with Crippen molar-refractivity contribution in [3.63, 3.8) is 0 Å². The van der Waals surface area contributed by atoms with Gasteiger partial charge in [0.1, 0.15) is 5.69 Å². The SMILES string of the molecule is COCCC1CCCCN1C(=O)c1csc2nc(-c3ccccc3)cn12. The number of hydrogen-bond donors (Lipinski definition) is 0. The van der Waals surface area contributed by atoms with Crippen molar-refractivity contribution in [2.75, 3.05) is 20.3 Å². The van der Waals surface area contributed by atoms with Crippen LogP contribution >= 0.6 is 11.3 Å². The number of rotatable bonds is 5. The number of carbonyl (C=O) groups is 1. The zero-order valence-electron chi connectivity index (χ0n) is 14.9. The van der Waals surface area contributed by atoms with Crippen molar-refractivity contribution in [2.45, 2.75) is 31.7 Å². The van der Waals surface area contributed by atoms with E-state index in [1.165, 1.54) is 17.8 Å². The lowest BCUT2D eigenvalue weighted by molar-refractivity contribution is 0.0546. The van der Waals surface area contributed by atoms with Gasteiger partial charge in [0.05, 0.1) is 5.69 Å². The first-order chi connectivity index (χ1) is 12.8. The summed E-state index contributed by atoms with van der Waals surface area (Å²) in [5.74, 6) is 0.106. The third-order valence-corrected chi connectivity index (χ3v) is 5.88. The fraction of sp³-hybridized carbons (Fsp3) is 0.400. The van der Waals surface area contributed by atoms with Gasteiger partial charge in [0.15, 0.2) is 4.96 Å². The molecule has 2 aromatic heterocycles. The second-order valence-corrected chi connectivity index (χ2v) is 7.53. The van der Waals surface area contributed by atoms with E-state index in [1.807, 2.05) is 51.2 Å². The lowest BCUT2D eigenvalue weighted by Crippen LogP contribution is -2.44. The molecule has 0 saturated carbocycles. The summed E-state index contributed by atoms with van der Waals surface area (Å²) in [6.07, 6.45) is 6.18. The average molecular weight is 369 g/mol. The minimum absolute atomic E-state index is 0.106. The molecule has 0 bridgehead atoms. The number of aromatic nitrogens is 2. The fourth-order valence-electron chi connectivity index (χ4n) is 3.65. The largest absolute Gasteiger partial charge is 0.385 e. The normalized spacial score (nSPS) is 17.7. The first kappa shape index (κ1) is 17.2. The predicted molar refractivity (Wildman–Crippen MR) is 104 cm³/mol. The minimum atomic E-state index is 0.106. The predicted octanol–water partition coefficient (Wildman–Crippen LogP) is 4.09. The number of thiazole rings is 1. The van der Waals surface area contributed by atoms with E-state index in [2.05, 4.69) is 0 Å². The highest BCUT2D eigenvalue weighted by Gasteiger charge is 2.29. The third-order valence-electron chi connectivity index (χ3n) is 5.04. The molecule has 1 aliphatic heterocycles. The Labute approximate surface area is 157 Å². The van der Waals surface area contributed by atoms with E-state index in [-0.39, 0.29) is 11.9 Å². The van der Waals surface area contributed by atoms with Crippen molar-refractivity contribution in [2.24, 2.45) is 0 Å². The Balaban J connectivity index is 1.63. The second kappa shape index (κ2) is 7.60. The molecule has 0 spiro atoms. The van der Waals surface area contributed by atoms with Crippen LogP contribution in [0.2, 0.25) is 0 Å². The van der Waals surface area contributed by atoms with Crippen molar-refractivity contribution in [3.8, 4) is 11.3 Å². The number of amides is 1. The second-order valence-electron chi connectivity index (χ2n) is 6.70. The summed E-state index contributed by atoms with van der Waals surface area (Å²) in [4.78, 5) is 20.8. The van der Waals surface area contributed by atoms with E-state index in [1.54, 1.807) is 7.11 Å². The molecule has 1 aliphatic rings. The Morgan fingerprint density at radius 3 is 2.96 bits per heavy atom. The highest BCUT2D eigenvalue weighted by Crippen LogP contribution is 2.27. The van der Waals surface area contributed by atoms with E-state index < -0.39 is 0 Å². The maximum absolute atomic E-state index is 13.2. The summed E-state index contributed by atoms with van der Waals surface area (Å²) in [6, 6.07) is 10.3. The highest BCUT2D eigenvalue weighted by atomic mass is 32.1. The zero-order valence-corrected chi connectivity index (χ0v) is 15.7. The topological polar surface area (TPSA) is 46.8 Å². The monoisotopic (exact) mass is 369 g/mol. The van der Waals surface area contributed by atoms with Gasteiger partial charge in [-0.2, -0.15) is 0 Å². The maximum atomic E-state index is 13.2. The molecule has 6 heteroatoms. The number of likely N-dealkylation sites (tertiary alicyclic amines) is 1. The number of imidazole rings is 1. The number of benzene rings is 1. The lowest BCUT2D eigenvalue weighted by atomic mass is 9.99. The molecule has 1 saturated heterocycles. The van der Waals surface area contributed by atoms with Crippen LogP contribution in [0.3, 0.4) is 0 Å². The fourth-order valence-corrected chi connectivity index (χ4v) is 4.50. The van der Waals surface area contributed by atoms with Crippen LogP contribution in [-0.4, -0.2) is 46.5 Å². The minimum Gasteiger partial charge on any atom is -0.385 e. The van der Waals surface area contributed by atoms with E-state index >= 15 is 0 Å². The molecule has 0 radical (unpaired) electrons. The number of fused-ring (bicyclic) bond motifs is 1. The number of carbonyl (C=O) groups excluding carboxylic acids is 1. The average Bonchev–Trinajstić information content (AvgIpc) is 3.27. The Morgan fingerprint density at radius 2 is 2.15 bits per heavy atom. The Kier molecular flexibility index (Phi) is 5.04. The van der Waals surface area contributed by atoms with E-state index in [0.29, 0.717) is 12.3 Å². The summed E-state index contributed by atoms with van der Waals surface area (Å²) in [7, 11) is 1.72. The first-order valence-corrected chi connectivity index (χ1v) is 9.98. The Morgan fingerprint density at radius 1 is 1.31 bits per heavy atom. The van der Waals surface area contributed by atoms with Crippen LogP contribution in [0, 0.1) is 0 Å². The molecule has 1 unspecified atom stereocenters. The van der Waals surface area contributed by atoms with Gasteiger partial charge in [-0.1, -0.05) is 30.3 Å². The Bertz CT molecular complexity index is 887. The molecular weight excluding hydrogens is 346 g/mol. The number of methoxy groups -OCH3 is 1. The molecule has 0 N–H and O–H groups in total. The molecule has 1 fully saturated rings. The molecule has 4 rings (SSSR count). The summed E-state index contributed by atoms with van der Waals surface area (Å²) < 4.78 is 7.18. The van der Waals surface area contributed by atoms with Gasteiger partial charge in [-0.15, -0.1) is 11.3 Å². The van der Waals surface area contributed by atoms with Gasteiger partial charge in [-0.3, -0.25) is 9.20 Å². The van der Waals surface area contributed by atoms with Crippen molar-refractivity contribution in [1.82, 2.24) is 14.3 Å². The zero-order chi connectivity index (χ0) is 17.9. The van der Waals surface area contributed by atoms with Gasteiger partial charge in [0.25, 0.3) is 5.91 Å². The van der Waals surface area contributed by atoms with Crippen LogP contribution in [0.25, 0.3) is 16.2 Å². The van der Waals surface area contributed by atoms with Crippen molar-refractivity contribution in [3.05, 3.63) is 47.6 Å². The molecular formula is C20H23N3O2S. The van der Waals surface area contributed by atoms with Crippen LogP contribution in [0.4, 0.5) is 0 Å². The van der Waals surface area contributed by atoms with E-state index in [0.717, 1.165) is 42.0 Å². The summed E-state index contributed by atoms with van der Waals surface area (Å²) in [5, 5.41) is 1.93. The molecule has 26 heavy (non-hydrogen) atoms. The number of nitrogens with zero attached hydrogens (tertiary/aromatic N) is 3.